The number of nitrogens with one attached hydrogen (secondary N) is 1. The fourth-order valence-corrected chi connectivity index (χ4v) is 8.22. The first-order chi connectivity index (χ1) is 22.5. The van der Waals surface area contributed by atoms with Gasteiger partial charge in [-0.15, -0.1) is 0 Å². The lowest BCUT2D eigenvalue weighted by molar-refractivity contribution is 0.105. The van der Waals surface area contributed by atoms with E-state index >= 15 is 4.39 Å². The number of piperidine rings is 1. The molecule has 0 radical (unpaired) electrons. The van der Waals surface area contributed by atoms with Crippen molar-refractivity contribution in [2.45, 2.75) is 57.4 Å². The lowest BCUT2D eigenvalue weighted by Gasteiger charge is -2.37. The Labute approximate surface area is 273 Å². The molecule has 3 aromatic heterocycles. The van der Waals surface area contributed by atoms with Gasteiger partial charge in [-0.1, -0.05) is 30.7 Å². The summed E-state index contributed by atoms with van der Waals surface area (Å²) in [6.45, 7) is 7.83. The zero-order valence-electron chi connectivity index (χ0n) is 26.4. The molecule has 2 unspecified atom stereocenters. The second-order valence-electron chi connectivity index (χ2n) is 13.9. The van der Waals surface area contributed by atoms with Gasteiger partial charge in [0.05, 0.1) is 35.9 Å². The highest BCUT2D eigenvalue weighted by molar-refractivity contribution is 6.31. The second-order valence-corrected chi connectivity index (χ2v) is 14.4. The van der Waals surface area contributed by atoms with E-state index in [1.807, 2.05) is 0 Å². The number of aromatic amines is 1. The van der Waals surface area contributed by atoms with Gasteiger partial charge in [0, 0.05) is 41.2 Å². The van der Waals surface area contributed by atoms with Crippen molar-refractivity contribution in [2.24, 2.45) is 17.8 Å². The Morgan fingerprint density at radius 2 is 1.96 bits per heavy atom. The molecule has 1 N–H and O–H groups in total. The zero-order chi connectivity index (χ0) is 31.3. The third-order valence-corrected chi connectivity index (χ3v) is 10.6. The molecule has 1 saturated carbocycles. The van der Waals surface area contributed by atoms with Crippen molar-refractivity contribution in [3.63, 3.8) is 0 Å². The molecule has 4 aliphatic rings. The van der Waals surface area contributed by atoms with Gasteiger partial charge in [0.2, 0.25) is 0 Å². The minimum absolute atomic E-state index is 0.0180. The standard InChI is InChI=1S/C35H41ClFN7O2/c1-22-13-24(20-45-12-2-5-23-6-7-23)19-43(18-22)33-28-16-38-31(26-14-25(36)15-29-27(26)17-39-42-29)30(37)32(28)40-34(41-33)46-21-35-8-3-10-44(35)11-4-9-35/h2,5,14-17,22-24H,3-4,6-13,18-21H2,1H3,(H,39,42)/b5-2-. The van der Waals surface area contributed by atoms with Gasteiger partial charge in [-0.3, -0.25) is 15.0 Å². The minimum Gasteiger partial charge on any atom is -0.461 e. The zero-order valence-corrected chi connectivity index (χ0v) is 27.1. The first-order valence-corrected chi connectivity index (χ1v) is 17.2. The molecule has 8 rings (SSSR count). The highest BCUT2D eigenvalue weighted by atomic mass is 35.5. The van der Waals surface area contributed by atoms with E-state index < -0.39 is 5.82 Å². The molecule has 6 heterocycles. The molecular formula is C35H41ClFN7O2. The van der Waals surface area contributed by atoms with E-state index in [1.54, 1.807) is 24.5 Å². The van der Waals surface area contributed by atoms with Crippen LogP contribution in [-0.4, -0.2) is 81.6 Å². The third kappa shape index (κ3) is 5.84. The van der Waals surface area contributed by atoms with Crippen LogP contribution in [0.5, 0.6) is 6.01 Å². The van der Waals surface area contributed by atoms with Crippen LogP contribution >= 0.6 is 11.6 Å². The van der Waals surface area contributed by atoms with Gasteiger partial charge in [-0.25, -0.2) is 4.39 Å². The van der Waals surface area contributed by atoms with Crippen molar-refractivity contribution in [3.05, 3.63) is 47.5 Å². The smallest absolute Gasteiger partial charge is 0.319 e. The summed E-state index contributed by atoms with van der Waals surface area (Å²) < 4.78 is 29.2. The Balaban J connectivity index is 1.14. The van der Waals surface area contributed by atoms with Gasteiger partial charge in [0.15, 0.2) is 5.82 Å². The number of aromatic nitrogens is 5. The molecule has 4 aromatic rings. The van der Waals surface area contributed by atoms with E-state index in [0.717, 1.165) is 56.7 Å². The van der Waals surface area contributed by atoms with E-state index in [0.29, 0.717) is 59.0 Å². The summed E-state index contributed by atoms with van der Waals surface area (Å²) in [6, 6.07) is 3.71. The molecule has 1 aromatic carbocycles. The molecule has 4 fully saturated rings. The summed E-state index contributed by atoms with van der Waals surface area (Å²) in [5.74, 6) is 1.64. The Morgan fingerprint density at radius 3 is 2.78 bits per heavy atom. The number of allylic oxidation sites excluding steroid dienone is 1. The van der Waals surface area contributed by atoms with Crippen molar-refractivity contribution in [1.29, 1.82) is 0 Å². The number of halogens is 2. The fourth-order valence-electron chi connectivity index (χ4n) is 8.00. The molecule has 1 aliphatic carbocycles. The Hall–Kier alpha value is -3.34. The van der Waals surface area contributed by atoms with Crippen molar-refractivity contribution in [2.75, 3.05) is 50.9 Å². The van der Waals surface area contributed by atoms with E-state index in [2.05, 4.69) is 44.1 Å². The molecule has 0 amide bonds. The Morgan fingerprint density at radius 1 is 1.11 bits per heavy atom. The van der Waals surface area contributed by atoms with Crippen molar-refractivity contribution in [1.82, 2.24) is 30.0 Å². The third-order valence-electron chi connectivity index (χ3n) is 10.3. The van der Waals surface area contributed by atoms with Gasteiger partial charge < -0.3 is 14.4 Å². The van der Waals surface area contributed by atoms with Crippen LogP contribution in [0.4, 0.5) is 10.2 Å². The summed E-state index contributed by atoms with van der Waals surface area (Å²) in [7, 11) is 0. The van der Waals surface area contributed by atoms with Crippen LogP contribution in [0.2, 0.25) is 5.02 Å². The van der Waals surface area contributed by atoms with Crippen LogP contribution in [0, 0.1) is 23.6 Å². The average Bonchev–Trinajstić information content (AvgIpc) is 3.39. The van der Waals surface area contributed by atoms with Crippen LogP contribution in [0.3, 0.4) is 0 Å². The summed E-state index contributed by atoms with van der Waals surface area (Å²) in [5, 5.41) is 8.86. The van der Waals surface area contributed by atoms with E-state index in [1.165, 1.54) is 25.7 Å². The lowest BCUT2D eigenvalue weighted by atomic mass is 9.91. The molecule has 0 bridgehead atoms. The van der Waals surface area contributed by atoms with Gasteiger partial charge in [-0.2, -0.15) is 15.1 Å². The van der Waals surface area contributed by atoms with Crippen molar-refractivity contribution in [3.8, 4) is 17.3 Å². The largest absolute Gasteiger partial charge is 0.461 e. The summed E-state index contributed by atoms with van der Waals surface area (Å²) in [5.41, 5.74) is 1.66. The summed E-state index contributed by atoms with van der Waals surface area (Å²) in [6.07, 6.45) is 16.0. The number of nitrogens with zero attached hydrogens (tertiary/aromatic N) is 6. The predicted molar refractivity (Wildman–Crippen MR) is 178 cm³/mol. The van der Waals surface area contributed by atoms with Gasteiger partial charge >= 0.3 is 6.01 Å². The van der Waals surface area contributed by atoms with Crippen LogP contribution in [0.1, 0.15) is 51.9 Å². The van der Waals surface area contributed by atoms with Crippen molar-refractivity contribution < 1.29 is 13.9 Å². The highest BCUT2D eigenvalue weighted by Crippen LogP contribution is 2.40. The number of fused-ring (bicyclic) bond motifs is 3. The SMILES string of the molecule is CC1CC(COC/C=C\C2CC2)CN(c2nc(OCC34CCCN3CCC4)nc3c(F)c(-c4cc(Cl)cc5[nH]ncc45)ncc23)C1. The molecular weight excluding hydrogens is 605 g/mol. The quantitative estimate of drug-likeness (QED) is 0.149. The number of hydrogen-bond donors (Lipinski definition) is 1. The molecule has 46 heavy (non-hydrogen) atoms. The Bertz CT molecular complexity index is 1770. The van der Waals surface area contributed by atoms with Crippen molar-refractivity contribution >= 4 is 39.2 Å². The number of H-pyrrole nitrogens is 1. The van der Waals surface area contributed by atoms with Gasteiger partial charge in [-0.05, 0) is 82.0 Å². The van der Waals surface area contributed by atoms with Crippen LogP contribution in [0.25, 0.3) is 33.1 Å². The first kappa shape index (κ1) is 30.0. The van der Waals surface area contributed by atoms with E-state index in [9.17, 15) is 0 Å². The molecule has 3 aliphatic heterocycles. The lowest BCUT2D eigenvalue weighted by Crippen LogP contribution is -2.44. The minimum atomic E-state index is -0.523. The molecule has 2 atom stereocenters. The summed E-state index contributed by atoms with van der Waals surface area (Å²) in [4.78, 5) is 19.2. The monoisotopic (exact) mass is 645 g/mol. The predicted octanol–water partition coefficient (Wildman–Crippen LogP) is 6.81. The van der Waals surface area contributed by atoms with Crippen LogP contribution < -0.4 is 9.64 Å². The maximum absolute atomic E-state index is 16.7. The second kappa shape index (κ2) is 12.4. The van der Waals surface area contributed by atoms with Gasteiger partial charge in [0.25, 0.3) is 0 Å². The number of benzene rings is 1. The van der Waals surface area contributed by atoms with Gasteiger partial charge in [0.1, 0.15) is 23.6 Å². The van der Waals surface area contributed by atoms with E-state index in [4.69, 9.17) is 31.0 Å². The highest BCUT2D eigenvalue weighted by Gasteiger charge is 2.45. The number of pyridine rings is 1. The topological polar surface area (TPSA) is 92.3 Å². The van der Waals surface area contributed by atoms with Crippen LogP contribution in [-0.2, 0) is 4.74 Å². The molecule has 3 saturated heterocycles. The maximum atomic E-state index is 16.7. The number of anilines is 1. The summed E-state index contributed by atoms with van der Waals surface area (Å²) >= 11 is 6.43. The van der Waals surface area contributed by atoms with E-state index in [-0.39, 0.29) is 22.8 Å². The first-order valence-electron chi connectivity index (χ1n) is 16.8. The maximum Gasteiger partial charge on any atom is 0.319 e. The Kier molecular flexibility index (Phi) is 8.06. The normalized spacial score (nSPS) is 23.2. The molecule has 0 spiro atoms. The molecule has 242 valence electrons. The molecule has 11 heteroatoms. The number of ether oxygens (including phenoxy) is 2. The fraction of sp³-hybridized carbons (Fsp3) is 0.543. The average molecular weight is 646 g/mol. The van der Waals surface area contributed by atoms with Crippen LogP contribution in [0.15, 0.2) is 36.7 Å². The number of hydrogen-bond acceptors (Lipinski definition) is 8. The molecule has 9 nitrogen and oxygen atoms in total. The number of rotatable bonds is 10.